The van der Waals surface area contributed by atoms with Gasteiger partial charge >= 0.3 is 0 Å². The molecule has 0 aliphatic carbocycles. The second kappa shape index (κ2) is 5.50. The van der Waals surface area contributed by atoms with Crippen molar-refractivity contribution in [1.82, 2.24) is 14.3 Å². The van der Waals surface area contributed by atoms with E-state index in [0.29, 0.717) is 11.1 Å². The maximum Gasteiger partial charge on any atom is 0.213 e. The molecule has 2 aromatic heterocycles. The first-order chi connectivity index (χ1) is 8.19. The molecule has 7 heteroatoms. The van der Waals surface area contributed by atoms with Gasteiger partial charge in [-0.25, -0.2) is 9.97 Å². The van der Waals surface area contributed by atoms with Crippen LogP contribution >= 0.6 is 27.5 Å². The highest BCUT2D eigenvalue weighted by atomic mass is 79.9. The van der Waals surface area contributed by atoms with Gasteiger partial charge < -0.3 is 5.32 Å². The van der Waals surface area contributed by atoms with Crippen molar-refractivity contribution in [3.05, 3.63) is 34.1 Å². The Kier molecular flexibility index (Phi) is 4.01. The average Bonchev–Trinajstić information content (AvgIpc) is 2.76. The predicted molar refractivity (Wildman–Crippen MR) is 68.5 cm³/mol. The average molecular weight is 317 g/mol. The first-order valence-electron chi connectivity index (χ1n) is 5.06. The first kappa shape index (κ1) is 12.4. The number of pyridine rings is 1. The van der Waals surface area contributed by atoms with Gasteiger partial charge in [0, 0.05) is 30.1 Å². The zero-order valence-electron chi connectivity index (χ0n) is 9.07. The Morgan fingerprint density at radius 2 is 2.24 bits per heavy atom. The SMILES string of the molecule is CCc1nsc(NCc2ccc(F)nc2Br)n1. The first-order valence-corrected chi connectivity index (χ1v) is 6.63. The van der Waals surface area contributed by atoms with E-state index in [1.807, 2.05) is 6.92 Å². The molecule has 2 heterocycles. The van der Waals surface area contributed by atoms with Crippen LogP contribution in [0.2, 0.25) is 0 Å². The number of nitrogens with zero attached hydrogens (tertiary/aromatic N) is 3. The number of aryl methyl sites for hydroxylation is 1. The number of halogens is 2. The van der Waals surface area contributed by atoms with Crippen LogP contribution < -0.4 is 5.32 Å². The summed E-state index contributed by atoms with van der Waals surface area (Å²) < 4.78 is 17.4. The summed E-state index contributed by atoms with van der Waals surface area (Å²) in [5.74, 6) is 0.332. The third-order valence-electron chi connectivity index (χ3n) is 2.11. The van der Waals surface area contributed by atoms with Crippen LogP contribution in [0.15, 0.2) is 16.7 Å². The zero-order valence-corrected chi connectivity index (χ0v) is 11.5. The minimum absolute atomic E-state index is 0.496. The van der Waals surface area contributed by atoms with Crippen molar-refractivity contribution in [2.45, 2.75) is 19.9 Å². The normalized spacial score (nSPS) is 10.5. The Labute approximate surface area is 111 Å². The summed E-state index contributed by atoms with van der Waals surface area (Å²) in [6.45, 7) is 2.54. The molecule has 2 rings (SSSR count). The fourth-order valence-electron chi connectivity index (χ4n) is 1.21. The second-order valence-corrected chi connectivity index (χ2v) is 4.81. The molecule has 0 saturated carbocycles. The molecular formula is C10H10BrFN4S. The fraction of sp³-hybridized carbons (Fsp3) is 0.300. The van der Waals surface area contributed by atoms with Gasteiger partial charge in [-0.05, 0) is 22.0 Å². The lowest BCUT2D eigenvalue weighted by Crippen LogP contribution is -2.01. The fourth-order valence-corrected chi connectivity index (χ4v) is 2.30. The van der Waals surface area contributed by atoms with Gasteiger partial charge in [0.1, 0.15) is 10.4 Å². The van der Waals surface area contributed by atoms with Crippen LogP contribution in [0.1, 0.15) is 18.3 Å². The van der Waals surface area contributed by atoms with Crippen LogP contribution in [-0.2, 0) is 13.0 Å². The molecule has 0 amide bonds. The molecule has 0 aromatic carbocycles. The Balaban J connectivity index is 2.02. The van der Waals surface area contributed by atoms with Gasteiger partial charge in [-0.2, -0.15) is 8.76 Å². The minimum atomic E-state index is -0.496. The van der Waals surface area contributed by atoms with Crippen molar-refractivity contribution in [3.8, 4) is 0 Å². The minimum Gasteiger partial charge on any atom is -0.356 e. The zero-order chi connectivity index (χ0) is 12.3. The van der Waals surface area contributed by atoms with Gasteiger partial charge in [0.05, 0.1) is 0 Å². The van der Waals surface area contributed by atoms with Gasteiger partial charge in [0.25, 0.3) is 0 Å². The van der Waals surface area contributed by atoms with Crippen LogP contribution in [0.3, 0.4) is 0 Å². The molecule has 0 bridgehead atoms. The highest BCUT2D eigenvalue weighted by Crippen LogP contribution is 2.17. The highest BCUT2D eigenvalue weighted by Gasteiger charge is 2.05. The summed E-state index contributed by atoms with van der Waals surface area (Å²) in [5, 5.41) is 3.89. The lowest BCUT2D eigenvalue weighted by atomic mass is 10.3. The van der Waals surface area contributed by atoms with E-state index < -0.39 is 5.95 Å². The molecule has 17 heavy (non-hydrogen) atoms. The van der Waals surface area contributed by atoms with E-state index in [9.17, 15) is 4.39 Å². The van der Waals surface area contributed by atoms with E-state index in [1.54, 1.807) is 6.07 Å². The molecule has 0 unspecified atom stereocenters. The van der Waals surface area contributed by atoms with Gasteiger partial charge in [0.2, 0.25) is 11.1 Å². The molecule has 0 saturated heterocycles. The molecule has 0 radical (unpaired) electrons. The van der Waals surface area contributed by atoms with E-state index in [1.165, 1.54) is 17.6 Å². The van der Waals surface area contributed by atoms with Crippen LogP contribution in [0.4, 0.5) is 9.52 Å². The molecule has 0 aliphatic rings. The number of anilines is 1. The summed E-state index contributed by atoms with van der Waals surface area (Å²) in [7, 11) is 0. The van der Waals surface area contributed by atoms with E-state index in [2.05, 4.69) is 35.6 Å². The maximum absolute atomic E-state index is 12.8. The number of rotatable bonds is 4. The third-order valence-corrected chi connectivity index (χ3v) is 3.50. The summed E-state index contributed by atoms with van der Waals surface area (Å²) in [4.78, 5) is 7.96. The van der Waals surface area contributed by atoms with Crippen LogP contribution in [0, 0.1) is 5.95 Å². The van der Waals surface area contributed by atoms with Gasteiger partial charge in [0.15, 0.2) is 0 Å². The second-order valence-electron chi connectivity index (χ2n) is 3.31. The Morgan fingerprint density at radius 1 is 1.41 bits per heavy atom. The molecule has 0 atom stereocenters. The van der Waals surface area contributed by atoms with Crippen molar-refractivity contribution >= 4 is 32.6 Å². The topological polar surface area (TPSA) is 50.7 Å². The monoisotopic (exact) mass is 316 g/mol. The molecule has 90 valence electrons. The van der Waals surface area contributed by atoms with Crippen LogP contribution in [0.25, 0.3) is 0 Å². The molecule has 1 N–H and O–H groups in total. The molecule has 2 aromatic rings. The van der Waals surface area contributed by atoms with E-state index >= 15 is 0 Å². The standard InChI is InChI=1S/C10H10BrFN4S/c1-2-8-15-10(17-16-8)13-5-6-3-4-7(12)14-9(6)11/h3-4H,2,5H2,1H3,(H,13,15,16). The Morgan fingerprint density at radius 3 is 2.88 bits per heavy atom. The predicted octanol–water partition coefficient (Wildman–Crippen LogP) is 3.01. The quantitative estimate of drug-likeness (QED) is 0.881. The summed E-state index contributed by atoms with van der Waals surface area (Å²) in [5.41, 5.74) is 0.875. The lowest BCUT2D eigenvalue weighted by Gasteiger charge is -2.04. The summed E-state index contributed by atoms with van der Waals surface area (Å²) in [6, 6.07) is 3.01. The van der Waals surface area contributed by atoms with Crippen molar-refractivity contribution in [1.29, 1.82) is 0 Å². The number of nitrogens with one attached hydrogen (secondary N) is 1. The van der Waals surface area contributed by atoms with E-state index in [0.717, 1.165) is 22.9 Å². The van der Waals surface area contributed by atoms with E-state index in [-0.39, 0.29) is 0 Å². The van der Waals surface area contributed by atoms with Crippen molar-refractivity contribution in [2.75, 3.05) is 5.32 Å². The molecule has 0 spiro atoms. The van der Waals surface area contributed by atoms with Crippen molar-refractivity contribution in [2.24, 2.45) is 0 Å². The van der Waals surface area contributed by atoms with Crippen molar-refractivity contribution in [3.63, 3.8) is 0 Å². The molecule has 4 nitrogen and oxygen atoms in total. The molecule has 0 aliphatic heterocycles. The Bertz CT molecular complexity index is 517. The smallest absolute Gasteiger partial charge is 0.213 e. The summed E-state index contributed by atoms with van der Waals surface area (Å²) in [6.07, 6.45) is 0.819. The number of aromatic nitrogens is 3. The third kappa shape index (κ3) is 3.19. The van der Waals surface area contributed by atoms with Gasteiger partial charge in [-0.15, -0.1) is 0 Å². The summed E-state index contributed by atoms with van der Waals surface area (Å²) >= 11 is 4.54. The Hall–Kier alpha value is -1.08. The highest BCUT2D eigenvalue weighted by molar-refractivity contribution is 9.10. The maximum atomic E-state index is 12.8. The lowest BCUT2D eigenvalue weighted by molar-refractivity contribution is 0.579. The van der Waals surface area contributed by atoms with Gasteiger partial charge in [-0.3, -0.25) is 0 Å². The molecule has 0 fully saturated rings. The van der Waals surface area contributed by atoms with Gasteiger partial charge in [-0.1, -0.05) is 13.0 Å². The van der Waals surface area contributed by atoms with E-state index in [4.69, 9.17) is 0 Å². The van der Waals surface area contributed by atoms with Crippen LogP contribution in [-0.4, -0.2) is 14.3 Å². The number of hydrogen-bond acceptors (Lipinski definition) is 5. The largest absolute Gasteiger partial charge is 0.356 e. The van der Waals surface area contributed by atoms with Crippen LogP contribution in [0.5, 0.6) is 0 Å². The van der Waals surface area contributed by atoms with Crippen molar-refractivity contribution < 1.29 is 4.39 Å². The number of hydrogen-bond donors (Lipinski definition) is 1. The molecular weight excluding hydrogens is 307 g/mol.